The second-order valence-electron chi connectivity index (χ2n) is 4.87. The second-order valence-corrected chi connectivity index (χ2v) is 4.87. The van der Waals surface area contributed by atoms with Gasteiger partial charge < -0.3 is 4.74 Å². The first-order valence-corrected chi connectivity index (χ1v) is 6.55. The van der Waals surface area contributed by atoms with E-state index in [0.29, 0.717) is 6.61 Å². The molecule has 102 valence electrons. The summed E-state index contributed by atoms with van der Waals surface area (Å²) in [5, 5.41) is 12.0. The third-order valence-electron chi connectivity index (χ3n) is 3.29. The Kier molecular flexibility index (Phi) is 4.39. The predicted molar refractivity (Wildman–Crippen MR) is 80.5 cm³/mol. The highest BCUT2D eigenvalue weighted by Gasteiger charge is 2.21. The molecular formula is C17H18N2O. The molecule has 1 unspecified atom stereocenters. The maximum atomic E-state index is 9.06. The SMILES string of the molecule is CNC(C)(C#N)COc1ccc(-c2ccccc2)cc1. The summed E-state index contributed by atoms with van der Waals surface area (Å²) < 4.78 is 5.66. The van der Waals surface area contributed by atoms with E-state index < -0.39 is 5.54 Å². The molecule has 2 aromatic carbocycles. The maximum Gasteiger partial charge on any atom is 0.137 e. The fraction of sp³-hybridized carbons (Fsp3) is 0.235. The fourth-order valence-corrected chi connectivity index (χ4v) is 1.76. The minimum absolute atomic E-state index is 0.310. The molecule has 0 heterocycles. The van der Waals surface area contributed by atoms with Crippen LogP contribution in [0.3, 0.4) is 0 Å². The molecule has 20 heavy (non-hydrogen) atoms. The van der Waals surface area contributed by atoms with Crippen molar-refractivity contribution in [2.75, 3.05) is 13.7 Å². The van der Waals surface area contributed by atoms with Gasteiger partial charge in [-0.2, -0.15) is 5.26 Å². The van der Waals surface area contributed by atoms with Gasteiger partial charge in [-0.3, -0.25) is 5.32 Å². The zero-order chi connectivity index (χ0) is 14.4. The number of nitrogens with one attached hydrogen (secondary N) is 1. The first-order chi connectivity index (χ1) is 9.67. The lowest BCUT2D eigenvalue weighted by atomic mass is 10.1. The molecule has 0 bridgehead atoms. The Morgan fingerprint density at radius 2 is 1.65 bits per heavy atom. The summed E-state index contributed by atoms with van der Waals surface area (Å²) in [7, 11) is 1.76. The van der Waals surface area contributed by atoms with Crippen LogP contribution in [0.25, 0.3) is 11.1 Å². The van der Waals surface area contributed by atoms with Gasteiger partial charge in [0.25, 0.3) is 0 Å². The monoisotopic (exact) mass is 266 g/mol. The Hall–Kier alpha value is -2.31. The molecular weight excluding hydrogens is 248 g/mol. The highest BCUT2D eigenvalue weighted by Crippen LogP contribution is 2.22. The Morgan fingerprint density at radius 3 is 2.20 bits per heavy atom. The lowest BCUT2D eigenvalue weighted by Gasteiger charge is -2.20. The van der Waals surface area contributed by atoms with Gasteiger partial charge in [-0.15, -0.1) is 0 Å². The zero-order valence-corrected chi connectivity index (χ0v) is 11.8. The standard InChI is InChI=1S/C17H18N2O/c1-17(12-18,19-2)13-20-16-10-8-15(9-11-16)14-6-4-3-5-7-14/h3-11,19H,13H2,1-2H3. The Morgan fingerprint density at radius 1 is 1.05 bits per heavy atom. The Balaban J connectivity index is 2.05. The Labute approximate surface area is 119 Å². The van der Waals surface area contributed by atoms with Crippen LogP contribution >= 0.6 is 0 Å². The number of nitrogens with zero attached hydrogens (tertiary/aromatic N) is 1. The number of ether oxygens (including phenoxy) is 1. The molecule has 2 rings (SSSR count). The first-order valence-electron chi connectivity index (χ1n) is 6.55. The van der Waals surface area contributed by atoms with Crippen molar-refractivity contribution < 1.29 is 4.74 Å². The third-order valence-corrected chi connectivity index (χ3v) is 3.29. The van der Waals surface area contributed by atoms with Gasteiger partial charge in [0.1, 0.15) is 17.9 Å². The van der Waals surface area contributed by atoms with Gasteiger partial charge in [0.15, 0.2) is 0 Å². The van der Waals surface area contributed by atoms with Crippen molar-refractivity contribution in [3.05, 3.63) is 54.6 Å². The van der Waals surface area contributed by atoms with E-state index in [4.69, 9.17) is 10.00 Å². The van der Waals surface area contributed by atoms with Crippen LogP contribution < -0.4 is 10.1 Å². The molecule has 0 saturated carbocycles. The van der Waals surface area contributed by atoms with Gasteiger partial charge in [0, 0.05) is 0 Å². The number of likely N-dealkylation sites (N-methyl/N-ethyl adjacent to an activating group) is 1. The second kappa shape index (κ2) is 6.23. The molecule has 0 aliphatic rings. The quantitative estimate of drug-likeness (QED) is 0.903. The van der Waals surface area contributed by atoms with E-state index >= 15 is 0 Å². The van der Waals surface area contributed by atoms with E-state index in [2.05, 4.69) is 23.5 Å². The number of rotatable bonds is 5. The van der Waals surface area contributed by atoms with E-state index in [1.807, 2.05) is 49.4 Å². The number of hydrogen-bond donors (Lipinski definition) is 1. The van der Waals surface area contributed by atoms with Crippen molar-refractivity contribution in [2.45, 2.75) is 12.5 Å². The molecule has 1 N–H and O–H groups in total. The molecule has 0 aromatic heterocycles. The number of hydrogen-bond acceptors (Lipinski definition) is 3. The lowest BCUT2D eigenvalue weighted by Crippen LogP contribution is -2.43. The number of nitriles is 1. The van der Waals surface area contributed by atoms with Gasteiger partial charge in [-0.05, 0) is 37.2 Å². The van der Waals surface area contributed by atoms with Gasteiger partial charge in [0.05, 0.1) is 6.07 Å². The summed E-state index contributed by atoms with van der Waals surface area (Å²) in [6, 6.07) is 20.3. The molecule has 3 nitrogen and oxygen atoms in total. The maximum absolute atomic E-state index is 9.06. The van der Waals surface area contributed by atoms with E-state index in [1.165, 1.54) is 5.56 Å². The number of benzene rings is 2. The smallest absolute Gasteiger partial charge is 0.137 e. The van der Waals surface area contributed by atoms with E-state index in [9.17, 15) is 0 Å². The molecule has 3 heteroatoms. The van der Waals surface area contributed by atoms with E-state index in [1.54, 1.807) is 7.05 Å². The molecule has 1 atom stereocenters. The topological polar surface area (TPSA) is 45.0 Å². The van der Waals surface area contributed by atoms with Crippen molar-refractivity contribution in [2.24, 2.45) is 0 Å². The van der Waals surface area contributed by atoms with Crippen LogP contribution in [0.4, 0.5) is 0 Å². The summed E-state index contributed by atoms with van der Waals surface area (Å²) in [5.74, 6) is 0.765. The van der Waals surface area contributed by atoms with Crippen LogP contribution in [-0.4, -0.2) is 19.2 Å². The van der Waals surface area contributed by atoms with Gasteiger partial charge >= 0.3 is 0 Å². The molecule has 0 amide bonds. The largest absolute Gasteiger partial charge is 0.491 e. The first kappa shape index (κ1) is 14.1. The zero-order valence-electron chi connectivity index (χ0n) is 11.8. The highest BCUT2D eigenvalue weighted by molar-refractivity contribution is 5.63. The summed E-state index contributed by atoms with van der Waals surface area (Å²) >= 11 is 0. The third kappa shape index (κ3) is 3.37. The van der Waals surface area contributed by atoms with Gasteiger partial charge in [0.2, 0.25) is 0 Å². The van der Waals surface area contributed by atoms with E-state index in [-0.39, 0.29) is 0 Å². The summed E-state index contributed by atoms with van der Waals surface area (Å²) in [6.45, 7) is 2.12. The molecule has 0 fully saturated rings. The lowest BCUT2D eigenvalue weighted by molar-refractivity contribution is 0.242. The fourth-order valence-electron chi connectivity index (χ4n) is 1.76. The highest BCUT2D eigenvalue weighted by atomic mass is 16.5. The summed E-state index contributed by atoms with van der Waals surface area (Å²) in [5.41, 5.74) is 1.66. The van der Waals surface area contributed by atoms with Crippen molar-refractivity contribution in [3.63, 3.8) is 0 Å². The average molecular weight is 266 g/mol. The van der Waals surface area contributed by atoms with Crippen LogP contribution in [0.1, 0.15) is 6.92 Å². The minimum Gasteiger partial charge on any atom is -0.491 e. The van der Waals surface area contributed by atoms with Crippen molar-refractivity contribution >= 4 is 0 Å². The van der Waals surface area contributed by atoms with Crippen LogP contribution in [0, 0.1) is 11.3 Å². The van der Waals surface area contributed by atoms with Crippen molar-refractivity contribution in [1.82, 2.24) is 5.32 Å². The normalized spacial score (nSPS) is 13.2. The van der Waals surface area contributed by atoms with Crippen LogP contribution in [0.5, 0.6) is 5.75 Å². The molecule has 0 spiro atoms. The van der Waals surface area contributed by atoms with Gasteiger partial charge in [-0.1, -0.05) is 42.5 Å². The van der Waals surface area contributed by atoms with Crippen LogP contribution in [0.15, 0.2) is 54.6 Å². The average Bonchev–Trinajstić information content (AvgIpc) is 2.54. The van der Waals surface area contributed by atoms with E-state index in [0.717, 1.165) is 11.3 Å². The molecule has 0 aliphatic heterocycles. The van der Waals surface area contributed by atoms with Gasteiger partial charge in [-0.25, -0.2) is 0 Å². The molecule has 2 aromatic rings. The predicted octanol–water partition coefficient (Wildman–Crippen LogP) is 3.23. The molecule has 0 radical (unpaired) electrons. The minimum atomic E-state index is -0.669. The Bertz CT molecular complexity index is 587. The summed E-state index contributed by atoms with van der Waals surface area (Å²) in [6.07, 6.45) is 0. The molecule has 0 saturated heterocycles. The summed E-state index contributed by atoms with van der Waals surface area (Å²) in [4.78, 5) is 0. The van der Waals surface area contributed by atoms with Crippen molar-refractivity contribution in [1.29, 1.82) is 5.26 Å². The van der Waals surface area contributed by atoms with Crippen LogP contribution in [0.2, 0.25) is 0 Å². The van der Waals surface area contributed by atoms with Crippen molar-refractivity contribution in [3.8, 4) is 22.9 Å². The molecule has 0 aliphatic carbocycles. The van der Waals surface area contributed by atoms with Crippen LogP contribution in [-0.2, 0) is 0 Å².